The highest BCUT2D eigenvalue weighted by Gasteiger charge is 2.33. The summed E-state index contributed by atoms with van der Waals surface area (Å²) in [5.41, 5.74) is 0.349. The molecule has 7 heteroatoms. The van der Waals surface area contributed by atoms with Crippen LogP contribution < -0.4 is 0 Å². The van der Waals surface area contributed by atoms with Gasteiger partial charge in [-0.3, -0.25) is 4.79 Å². The Kier molecular flexibility index (Phi) is 3.33. The molecule has 2 aliphatic heterocycles. The molecule has 108 valence electrons. The van der Waals surface area contributed by atoms with Crippen molar-refractivity contribution in [2.75, 3.05) is 26.2 Å². The monoisotopic (exact) mass is 279 g/mol. The topological polar surface area (TPSA) is 75.9 Å². The predicted molar refractivity (Wildman–Crippen MR) is 68.2 cm³/mol. The molecule has 2 fully saturated rings. The molecule has 2 aliphatic rings. The molecule has 3 heterocycles. The molecule has 0 spiro atoms. The van der Waals surface area contributed by atoms with Gasteiger partial charge in [0.15, 0.2) is 5.69 Å². The van der Waals surface area contributed by atoms with Crippen LogP contribution in [0.5, 0.6) is 0 Å². The van der Waals surface area contributed by atoms with E-state index in [0.29, 0.717) is 37.7 Å². The number of hydrogen-bond acceptors (Lipinski definition) is 5. The van der Waals surface area contributed by atoms with Crippen LogP contribution in [0.15, 0.2) is 10.6 Å². The number of ether oxygens (including phenoxy) is 1. The molecule has 0 unspecified atom stereocenters. The third-order valence-electron chi connectivity index (χ3n) is 3.83. The summed E-state index contributed by atoms with van der Waals surface area (Å²) >= 11 is 0. The minimum absolute atomic E-state index is 0.107. The number of nitrogens with zero attached hydrogens (tertiary/aromatic N) is 3. The summed E-state index contributed by atoms with van der Waals surface area (Å²) in [5, 5.41) is 3.75. The molecular formula is C13H17N3O4. The lowest BCUT2D eigenvalue weighted by Gasteiger charge is -2.35. The molecule has 0 aromatic carbocycles. The number of likely N-dealkylation sites (tertiary alicyclic amines) is 1. The summed E-state index contributed by atoms with van der Waals surface area (Å²) in [4.78, 5) is 27.2. The fourth-order valence-electron chi connectivity index (χ4n) is 2.75. The molecule has 20 heavy (non-hydrogen) atoms. The zero-order valence-corrected chi connectivity index (χ0v) is 11.4. The maximum atomic E-state index is 12.2. The predicted octanol–water partition coefficient (Wildman–Crippen LogP) is 1.04. The molecule has 1 aromatic heterocycles. The number of carbonyl (C=O) groups excluding carboxylic acids is 2. The van der Waals surface area contributed by atoms with Gasteiger partial charge in [0.25, 0.3) is 5.91 Å². The number of piperidine rings is 1. The summed E-state index contributed by atoms with van der Waals surface area (Å²) in [6.45, 7) is 4.13. The van der Waals surface area contributed by atoms with E-state index < -0.39 is 0 Å². The van der Waals surface area contributed by atoms with Crippen molar-refractivity contribution in [1.29, 1.82) is 0 Å². The fourth-order valence-corrected chi connectivity index (χ4v) is 2.75. The minimum atomic E-state index is -0.234. The van der Waals surface area contributed by atoms with Gasteiger partial charge < -0.3 is 19.1 Å². The Balaban J connectivity index is 1.58. The van der Waals surface area contributed by atoms with E-state index in [0.717, 1.165) is 12.8 Å². The first-order chi connectivity index (χ1) is 9.65. The first kappa shape index (κ1) is 13.0. The first-order valence-corrected chi connectivity index (χ1v) is 6.81. The second kappa shape index (κ2) is 5.15. The molecule has 2 saturated heterocycles. The number of rotatable bonds is 2. The van der Waals surface area contributed by atoms with Gasteiger partial charge in [0.2, 0.25) is 0 Å². The second-order valence-electron chi connectivity index (χ2n) is 5.15. The van der Waals surface area contributed by atoms with Gasteiger partial charge in [0, 0.05) is 25.2 Å². The van der Waals surface area contributed by atoms with Crippen LogP contribution in [0.4, 0.5) is 4.79 Å². The van der Waals surface area contributed by atoms with Gasteiger partial charge in [-0.05, 0) is 19.8 Å². The Morgan fingerprint density at radius 3 is 2.65 bits per heavy atom. The maximum absolute atomic E-state index is 12.2. The summed E-state index contributed by atoms with van der Waals surface area (Å²) in [6.07, 6.45) is 1.32. The minimum Gasteiger partial charge on any atom is -0.448 e. The van der Waals surface area contributed by atoms with E-state index in [9.17, 15) is 9.59 Å². The van der Waals surface area contributed by atoms with Gasteiger partial charge in [0.1, 0.15) is 12.4 Å². The van der Waals surface area contributed by atoms with Crippen molar-refractivity contribution >= 4 is 12.0 Å². The lowest BCUT2D eigenvalue weighted by molar-refractivity contribution is 0.0648. The molecule has 0 N–H and O–H groups in total. The average molecular weight is 279 g/mol. The smallest absolute Gasteiger partial charge is 0.410 e. The molecule has 0 atom stereocenters. The Morgan fingerprint density at radius 1 is 1.35 bits per heavy atom. The number of aromatic nitrogens is 1. The Hall–Kier alpha value is -2.05. The molecule has 3 rings (SSSR count). The van der Waals surface area contributed by atoms with Crippen LogP contribution in [0.2, 0.25) is 0 Å². The van der Waals surface area contributed by atoms with Crippen LogP contribution >= 0.6 is 0 Å². The van der Waals surface area contributed by atoms with Crippen molar-refractivity contribution in [3.05, 3.63) is 17.5 Å². The Morgan fingerprint density at radius 2 is 2.10 bits per heavy atom. The van der Waals surface area contributed by atoms with Gasteiger partial charge in [-0.25, -0.2) is 4.79 Å². The third-order valence-corrected chi connectivity index (χ3v) is 3.83. The normalized spacial score (nSPS) is 20.4. The first-order valence-electron chi connectivity index (χ1n) is 6.81. The van der Waals surface area contributed by atoms with Crippen molar-refractivity contribution in [1.82, 2.24) is 15.0 Å². The van der Waals surface area contributed by atoms with E-state index in [-0.39, 0.29) is 18.0 Å². The average Bonchev–Trinajstić information content (AvgIpc) is 3.07. The molecule has 1 aromatic rings. The van der Waals surface area contributed by atoms with Crippen LogP contribution in [0.3, 0.4) is 0 Å². The van der Waals surface area contributed by atoms with Crippen molar-refractivity contribution in [3.8, 4) is 0 Å². The Bertz CT molecular complexity index is 519. The SMILES string of the molecule is Cc1cc(C(=O)N2CCC(N3CCOC3=O)CC2)no1. The van der Waals surface area contributed by atoms with E-state index in [1.54, 1.807) is 22.8 Å². The van der Waals surface area contributed by atoms with Crippen molar-refractivity contribution in [3.63, 3.8) is 0 Å². The van der Waals surface area contributed by atoms with E-state index in [1.807, 2.05) is 0 Å². The molecular weight excluding hydrogens is 262 g/mol. The lowest BCUT2D eigenvalue weighted by atomic mass is 10.0. The highest BCUT2D eigenvalue weighted by molar-refractivity contribution is 5.92. The lowest BCUT2D eigenvalue weighted by Crippen LogP contribution is -2.47. The highest BCUT2D eigenvalue weighted by Crippen LogP contribution is 2.21. The standard InChI is InChI=1S/C13H17N3O4/c1-9-8-11(14-20-9)12(17)15-4-2-10(3-5-15)16-6-7-19-13(16)18/h8,10H,2-7H2,1H3. The second-order valence-corrected chi connectivity index (χ2v) is 5.15. The molecule has 0 aliphatic carbocycles. The largest absolute Gasteiger partial charge is 0.448 e. The molecule has 0 radical (unpaired) electrons. The number of aryl methyl sites for hydroxylation is 1. The number of hydrogen-bond donors (Lipinski definition) is 0. The summed E-state index contributed by atoms with van der Waals surface area (Å²) in [7, 11) is 0. The van der Waals surface area contributed by atoms with Crippen molar-refractivity contribution in [2.24, 2.45) is 0 Å². The molecule has 0 bridgehead atoms. The van der Waals surface area contributed by atoms with Gasteiger partial charge in [-0.2, -0.15) is 0 Å². The van der Waals surface area contributed by atoms with Crippen molar-refractivity contribution < 1.29 is 18.8 Å². The summed E-state index contributed by atoms with van der Waals surface area (Å²) < 4.78 is 9.88. The fraction of sp³-hybridized carbons (Fsp3) is 0.615. The van der Waals surface area contributed by atoms with E-state index in [1.165, 1.54) is 0 Å². The summed E-state index contributed by atoms with van der Waals surface area (Å²) in [5.74, 6) is 0.521. The van der Waals surface area contributed by atoms with E-state index in [4.69, 9.17) is 9.26 Å². The summed E-state index contributed by atoms with van der Waals surface area (Å²) in [6, 6.07) is 1.82. The maximum Gasteiger partial charge on any atom is 0.410 e. The van der Waals surface area contributed by atoms with Crippen LogP contribution in [0.25, 0.3) is 0 Å². The molecule has 2 amide bonds. The number of amides is 2. The molecule has 7 nitrogen and oxygen atoms in total. The zero-order valence-electron chi connectivity index (χ0n) is 11.4. The van der Waals surface area contributed by atoms with Gasteiger partial charge in [0.05, 0.1) is 6.54 Å². The third kappa shape index (κ3) is 2.35. The quantitative estimate of drug-likeness (QED) is 0.808. The van der Waals surface area contributed by atoms with Crippen LogP contribution in [0, 0.1) is 6.92 Å². The van der Waals surface area contributed by atoms with Gasteiger partial charge >= 0.3 is 6.09 Å². The molecule has 0 saturated carbocycles. The van der Waals surface area contributed by atoms with Crippen molar-refractivity contribution in [2.45, 2.75) is 25.8 Å². The van der Waals surface area contributed by atoms with E-state index in [2.05, 4.69) is 5.16 Å². The number of cyclic esters (lactones) is 1. The highest BCUT2D eigenvalue weighted by atomic mass is 16.6. The zero-order chi connectivity index (χ0) is 14.1. The number of carbonyl (C=O) groups is 2. The van der Waals surface area contributed by atoms with Crippen LogP contribution in [-0.4, -0.2) is 59.2 Å². The van der Waals surface area contributed by atoms with Gasteiger partial charge in [-0.1, -0.05) is 5.16 Å². The van der Waals surface area contributed by atoms with Crippen LogP contribution in [0.1, 0.15) is 29.1 Å². The Labute approximate surface area is 116 Å². The van der Waals surface area contributed by atoms with E-state index >= 15 is 0 Å². The van der Waals surface area contributed by atoms with Crippen LogP contribution in [-0.2, 0) is 4.74 Å². The van der Waals surface area contributed by atoms with Gasteiger partial charge in [-0.15, -0.1) is 0 Å².